The maximum Gasteiger partial charge on any atom is 0.416 e. The molecule has 0 aliphatic heterocycles. The van der Waals surface area contributed by atoms with Crippen molar-refractivity contribution in [2.24, 2.45) is 5.73 Å². The zero-order valence-electron chi connectivity index (χ0n) is 9.83. The molecule has 1 atom stereocenters. The smallest absolute Gasteiger partial charge is 0.416 e. The fourth-order valence-corrected chi connectivity index (χ4v) is 1.57. The van der Waals surface area contributed by atoms with E-state index in [0.29, 0.717) is 5.56 Å². The highest BCUT2D eigenvalue weighted by Crippen LogP contribution is 2.30. The van der Waals surface area contributed by atoms with Crippen molar-refractivity contribution >= 4 is 5.97 Å². The number of ether oxygens (including phenoxy) is 1. The van der Waals surface area contributed by atoms with Crippen LogP contribution in [0.15, 0.2) is 24.3 Å². The monoisotopic (exact) mass is 261 g/mol. The van der Waals surface area contributed by atoms with E-state index in [0.717, 1.165) is 12.1 Å². The van der Waals surface area contributed by atoms with E-state index < -0.39 is 17.7 Å². The molecule has 1 aromatic carbocycles. The Morgan fingerprint density at radius 3 is 2.28 bits per heavy atom. The highest BCUT2D eigenvalue weighted by atomic mass is 19.4. The van der Waals surface area contributed by atoms with Gasteiger partial charge in [0.15, 0.2) is 0 Å². The Balaban J connectivity index is 2.85. The summed E-state index contributed by atoms with van der Waals surface area (Å²) in [6.45, 7) is 0.167. The van der Waals surface area contributed by atoms with E-state index in [1.165, 1.54) is 19.2 Å². The third kappa shape index (κ3) is 3.73. The lowest BCUT2D eigenvalue weighted by Gasteiger charge is -2.15. The minimum absolute atomic E-state index is 0.0539. The molecule has 0 saturated heterocycles. The van der Waals surface area contributed by atoms with Gasteiger partial charge in [-0.1, -0.05) is 12.1 Å². The summed E-state index contributed by atoms with van der Waals surface area (Å²) in [5, 5.41) is 0. The first kappa shape index (κ1) is 14.5. The molecule has 1 rings (SSSR count). The number of methoxy groups -OCH3 is 1. The highest BCUT2D eigenvalue weighted by molar-refractivity contribution is 5.70. The summed E-state index contributed by atoms with van der Waals surface area (Å²) in [7, 11) is 1.25. The van der Waals surface area contributed by atoms with E-state index in [1.807, 2.05) is 0 Å². The molecule has 0 aromatic heterocycles. The van der Waals surface area contributed by atoms with Gasteiger partial charge in [-0.2, -0.15) is 13.2 Å². The number of nitrogens with two attached hydrogens (primary N) is 1. The van der Waals surface area contributed by atoms with Gasteiger partial charge in [0.05, 0.1) is 19.1 Å². The highest BCUT2D eigenvalue weighted by Gasteiger charge is 2.30. The molecule has 0 bridgehead atoms. The van der Waals surface area contributed by atoms with Crippen LogP contribution in [0.25, 0.3) is 0 Å². The van der Waals surface area contributed by atoms with Crippen LogP contribution in [0.3, 0.4) is 0 Å². The maximum absolute atomic E-state index is 12.4. The topological polar surface area (TPSA) is 52.3 Å². The van der Waals surface area contributed by atoms with Gasteiger partial charge in [-0.25, -0.2) is 0 Å². The molecule has 0 spiro atoms. The van der Waals surface area contributed by atoms with Crippen molar-refractivity contribution in [1.29, 1.82) is 0 Å². The molecular formula is C12H14F3NO2. The Hall–Kier alpha value is -1.56. The van der Waals surface area contributed by atoms with E-state index in [1.54, 1.807) is 0 Å². The molecule has 6 heteroatoms. The first-order valence-corrected chi connectivity index (χ1v) is 5.32. The number of carbonyl (C=O) groups is 1. The molecule has 0 heterocycles. The largest absolute Gasteiger partial charge is 0.469 e. The molecule has 0 aliphatic rings. The molecule has 1 unspecified atom stereocenters. The number of halogens is 3. The Bertz CT molecular complexity index is 401. The van der Waals surface area contributed by atoms with Crippen molar-refractivity contribution in [3.05, 3.63) is 35.4 Å². The number of hydrogen-bond donors (Lipinski definition) is 1. The fourth-order valence-electron chi connectivity index (χ4n) is 1.57. The zero-order valence-corrected chi connectivity index (χ0v) is 9.83. The second-order valence-corrected chi connectivity index (χ2v) is 3.83. The van der Waals surface area contributed by atoms with Crippen molar-refractivity contribution in [3.63, 3.8) is 0 Å². The number of carbonyl (C=O) groups excluding carboxylic acids is 1. The van der Waals surface area contributed by atoms with Crippen molar-refractivity contribution in [2.75, 3.05) is 13.7 Å². The molecule has 100 valence electrons. The quantitative estimate of drug-likeness (QED) is 0.846. The van der Waals surface area contributed by atoms with Crippen LogP contribution in [0.5, 0.6) is 0 Å². The van der Waals surface area contributed by atoms with E-state index in [2.05, 4.69) is 4.74 Å². The zero-order chi connectivity index (χ0) is 13.8. The summed E-state index contributed by atoms with van der Waals surface area (Å²) < 4.78 is 41.6. The first-order valence-electron chi connectivity index (χ1n) is 5.32. The normalized spacial score (nSPS) is 13.2. The third-order valence-corrected chi connectivity index (χ3v) is 2.63. The minimum atomic E-state index is -4.36. The van der Waals surface area contributed by atoms with Gasteiger partial charge in [-0.3, -0.25) is 4.79 Å². The lowest BCUT2D eigenvalue weighted by molar-refractivity contribution is -0.141. The number of benzene rings is 1. The molecule has 3 nitrogen and oxygen atoms in total. The molecule has 2 N–H and O–H groups in total. The van der Waals surface area contributed by atoms with Crippen molar-refractivity contribution in [3.8, 4) is 0 Å². The Labute approximate surface area is 103 Å². The molecule has 0 radical (unpaired) electrons. The van der Waals surface area contributed by atoms with Crippen molar-refractivity contribution in [1.82, 2.24) is 0 Å². The standard InChI is InChI=1S/C12H14F3NO2/c1-18-11(17)6-9(7-16)8-2-4-10(5-3-8)12(13,14)15/h2-5,9H,6-7,16H2,1H3. The van der Waals surface area contributed by atoms with Gasteiger partial charge in [-0.05, 0) is 24.2 Å². The van der Waals surface area contributed by atoms with Crippen LogP contribution in [0, 0.1) is 0 Å². The summed E-state index contributed by atoms with van der Waals surface area (Å²) in [6, 6.07) is 4.64. The second-order valence-electron chi connectivity index (χ2n) is 3.83. The molecule has 0 fully saturated rings. The fraction of sp³-hybridized carbons (Fsp3) is 0.417. The van der Waals surface area contributed by atoms with Crippen LogP contribution in [0.4, 0.5) is 13.2 Å². The molecule has 0 amide bonds. The number of hydrogen-bond acceptors (Lipinski definition) is 3. The number of esters is 1. The van der Waals surface area contributed by atoms with Crippen LogP contribution < -0.4 is 5.73 Å². The van der Waals surface area contributed by atoms with Crippen LogP contribution in [-0.2, 0) is 15.7 Å². The molecule has 18 heavy (non-hydrogen) atoms. The van der Waals surface area contributed by atoms with Gasteiger partial charge in [0.1, 0.15) is 0 Å². The lowest BCUT2D eigenvalue weighted by Crippen LogP contribution is -2.17. The van der Waals surface area contributed by atoms with Gasteiger partial charge < -0.3 is 10.5 Å². The summed E-state index contributed by atoms with van der Waals surface area (Å²) in [5.74, 6) is -0.773. The summed E-state index contributed by atoms with van der Waals surface area (Å²) in [6.07, 6.45) is -4.31. The Morgan fingerprint density at radius 1 is 1.33 bits per heavy atom. The molecule has 1 aromatic rings. The van der Waals surface area contributed by atoms with Gasteiger partial charge in [0, 0.05) is 5.92 Å². The van der Waals surface area contributed by atoms with Crippen molar-refractivity contribution < 1.29 is 22.7 Å². The summed E-state index contributed by atoms with van der Waals surface area (Å²) in [4.78, 5) is 11.1. The van der Waals surface area contributed by atoms with Gasteiger partial charge in [0.2, 0.25) is 0 Å². The van der Waals surface area contributed by atoms with Crippen LogP contribution in [0.2, 0.25) is 0 Å². The predicted octanol–water partition coefficient (Wildman–Crippen LogP) is 2.31. The SMILES string of the molecule is COC(=O)CC(CN)c1ccc(C(F)(F)F)cc1. The molecule has 0 saturated carbocycles. The van der Waals surface area contributed by atoms with Crippen LogP contribution >= 0.6 is 0 Å². The van der Waals surface area contributed by atoms with E-state index in [-0.39, 0.29) is 18.9 Å². The average molecular weight is 261 g/mol. The number of alkyl halides is 3. The van der Waals surface area contributed by atoms with Crippen LogP contribution in [0.1, 0.15) is 23.5 Å². The molecule has 0 aliphatic carbocycles. The van der Waals surface area contributed by atoms with E-state index in [9.17, 15) is 18.0 Å². The Morgan fingerprint density at radius 2 is 1.89 bits per heavy atom. The second kappa shape index (κ2) is 5.86. The minimum Gasteiger partial charge on any atom is -0.469 e. The first-order chi connectivity index (χ1) is 8.38. The van der Waals surface area contributed by atoms with Crippen LogP contribution in [-0.4, -0.2) is 19.6 Å². The van der Waals surface area contributed by atoms with Gasteiger partial charge >= 0.3 is 12.1 Å². The average Bonchev–Trinajstić information content (AvgIpc) is 2.34. The lowest BCUT2D eigenvalue weighted by atomic mass is 9.95. The van der Waals surface area contributed by atoms with Crippen molar-refractivity contribution in [2.45, 2.75) is 18.5 Å². The predicted molar refractivity (Wildman–Crippen MR) is 59.9 cm³/mol. The summed E-state index contributed by atoms with van der Waals surface area (Å²) in [5.41, 5.74) is 5.37. The summed E-state index contributed by atoms with van der Waals surface area (Å²) >= 11 is 0. The molecular weight excluding hydrogens is 247 g/mol. The van der Waals surface area contributed by atoms with E-state index >= 15 is 0 Å². The third-order valence-electron chi connectivity index (χ3n) is 2.63. The van der Waals surface area contributed by atoms with E-state index in [4.69, 9.17) is 5.73 Å². The Kier molecular flexibility index (Phi) is 4.72. The number of rotatable bonds is 4. The van der Waals surface area contributed by atoms with Gasteiger partial charge in [-0.15, -0.1) is 0 Å². The maximum atomic E-state index is 12.4. The van der Waals surface area contributed by atoms with Gasteiger partial charge in [0.25, 0.3) is 0 Å².